The summed E-state index contributed by atoms with van der Waals surface area (Å²) in [6.07, 6.45) is 4.91. The molecule has 1 aromatic carbocycles. The summed E-state index contributed by atoms with van der Waals surface area (Å²) in [5.41, 5.74) is 9.14. The van der Waals surface area contributed by atoms with Gasteiger partial charge in [0.25, 0.3) is 0 Å². The summed E-state index contributed by atoms with van der Waals surface area (Å²) < 4.78 is 13.8. The van der Waals surface area contributed by atoms with Crippen LogP contribution in [-0.2, 0) is 6.42 Å². The Morgan fingerprint density at radius 1 is 1.33 bits per heavy atom. The molecule has 1 aliphatic carbocycles. The summed E-state index contributed by atoms with van der Waals surface area (Å²) in [6, 6.07) is 4.89. The Morgan fingerprint density at radius 3 is 2.89 bits per heavy atom. The van der Waals surface area contributed by atoms with E-state index in [1.807, 2.05) is 6.08 Å². The second-order valence-corrected chi connectivity index (χ2v) is 5.52. The van der Waals surface area contributed by atoms with E-state index in [-0.39, 0.29) is 11.2 Å². The van der Waals surface area contributed by atoms with Gasteiger partial charge in [0.2, 0.25) is 0 Å². The van der Waals surface area contributed by atoms with Crippen LogP contribution >= 0.6 is 0 Å². The molecule has 18 heavy (non-hydrogen) atoms. The predicted octanol–water partition coefficient (Wildman–Crippen LogP) is 3.55. The van der Waals surface area contributed by atoms with E-state index in [0.29, 0.717) is 16.6 Å². The molecule has 1 aromatic heterocycles. The van der Waals surface area contributed by atoms with Gasteiger partial charge in [-0.25, -0.2) is 4.39 Å². The van der Waals surface area contributed by atoms with Crippen LogP contribution in [0.2, 0.25) is 0 Å². The first-order valence-corrected chi connectivity index (χ1v) is 6.04. The van der Waals surface area contributed by atoms with E-state index >= 15 is 0 Å². The van der Waals surface area contributed by atoms with Crippen LogP contribution in [0.1, 0.15) is 25.1 Å². The average molecular weight is 242 g/mol. The molecule has 3 heteroatoms. The van der Waals surface area contributed by atoms with Gasteiger partial charge in [0.15, 0.2) is 0 Å². The molecule has 2 aromatic rings. The normalized spacial score (nSPS) is 16.8. The highest BCUT2D eigenvalue weighted by Gasteiger charge is 2.24. The largest absolute Gasteiger partial charge is 0.398 e. The summed E-state index contributed by atoms with van der Waals surface area (Å²) in [4.78, 5) is 4.56. The van der Waals surface area contributed by atoms with Gasteiger partial charge in [0, 0.05) is 5.56 Å². The Morgan fingerprint density at radius 2 is 2.11 bits per heavy atom. The minimum Gasteiger partial charge on any atom is -0.398 e. The predicted molar refractivity (Wildman–Crippen MR) is 72.6 cm³/mol. The molecule has 1 aliphatic rings. The zero-order valence-electron chi connectivity index (χ0n) is 10.5. The van der Waals surface area contributed by atoms with Crippen molar-refractivity contribution in [3.63, 3.8) is 0 Å². The molecular weight excluding hydrogens is 227 g/mol. The van der Waals surface area contributed by atoms with Gasteiger partial charge in [-0.2, -0.15) is 0 Å². The van der Waals surface area contributed by atoms with Crippen molar-refractivity contribution in [2.24, 2.45) is 5.41 Å². The maximum Gasteiger partial charge on any atom is 0.134 e. The van der Waals surface area contributed by atoms with Gasteiger partial charge >= 0.3 is 0 Å². The summed E-state index contributed by atoms with van der Waals surface area (Å²) in [5.74, 6) is -0.307. The van der Waals surface area contributed by atoms with Crippen molar-refractivity contribution < 1.29 is 4.39 Å². The van der Waals surface area contributed by atoms with Crippen molar-refractivity contribution >= 4 is 22.7 Å². The van der Waals surface area contributed by atoms with Crippen molar-refractivity contribution in [3.8, 4) is 0 Å². The SMILES string of the molecule is CC1(C)C=Cc2c(nc3cccc(F)c3c2N)C1. The van der Waals surface area contributed by atoms with Crippen LogP contribution in [-0.4, -0.2) is 4.98 Å². The first-order valence-electron chi connectivity index (χ1n) is 6.04. The zero-order valence-corrected chi connectivity index (χ0v) is 10.5. The number of anilines is 1. The van der Waals surface area contributed by atoms with Crippen LogP contribution in [0.4, 0.5) is 10.1 Å². The first kappa shape index (κ1) is 11.2. The molecule has 2 N–H and O–H groups in total. The third kappa shape index (κ3) is 1.58. The Balaban J connectivity index is 2.36. The van der Waals surface area contributed by atoms with E-state index in [9.17, 15) is 4.39 Å². The summed E-state index contributed by atoms with van der Waals surface area (Å²) in [5, 5.41) is 0.431. The summed E-state index contributed by atoms with van der Waals surface area (Å²) >= 11 is 0. The number of aromatic nitrogens is 1. The maximum absolute atomic E-state index is 13.8. The van der Waals surface area contributed by atoms with Gasteiger partial charge < -0.3 is 5.73 Å². The Hall–Kier alpha value is -1.90. The molecule has 1 heterocycles. The van der Waals surface area contributed by atoms with Crippen LogP contribution < -0.4 is 5.73 Å². The molecule has 92 valence electrons. The number of fused-ring (bicyclic) bond motifs is 2. The number of rotatable bonds is 0. The number of benzene rings is 1. The lowest BCUT2D eigenvalue weighted by molar-refractivity contribution is 0.469. The highest BCUT2D eigenvalue weighted by atomic mass is 19.1. The molecule has 0 unspecified atom stereocenters. The quantitative estimate of drug-likeness (QED) is 0.767. The van der Waals surface area contributed by atoms with Crippen LogP contribution in [0.5, 0.6) is 0 Å². The third-order valence-electron chi connectivity index (χ3n) is 3.44. The van der Waals surface area contributed by atoms with Crippen molar-refractivity contribution in [2.45, 2.75) is 20.3 Å². The first-order chi connectivity index (χ1) is 8.48. The molecule has 0 radical (unpaired) electrons. The average Bonchev–Trinajstić information content (AvgIpc) is 2.27. The molecule has 0 atom stereocenters. The molecule has 0 saturated carbocycles. The van der Waals surface area contributed by atoms with Crippen molar-refractivity contribution in [1.29, 1.82) is 0 Å². The highest BCUT2D eigenvalue weighted by Crippen LogP contribution is 2.36. The number of nitrogen functional groups attached to an aromatic ring is 1. The Bertz CT molecular complexity index is 672. The highest BCUT2D eigenvalue weighted by molar-refractivity contribution is 5.95. The van der Waals surface area contributed by atoms with Gasteiger partial charge in [-0.15, -0.1) is 0 Å². The van der Waals surface area contributed by atoms with Gasteiger partial charge in [-0.3, -0.25) is 4.98 Å². The molecule has 0 spiro atoms. The number of hydrogen-bond acceptors (Lipinski definition) is 2. The monoisotopic (exact) mass is 242 g/mol. The zero-order chi connectivity index (χ0) is 12.9. The van der Waals surface area contributed by atoms with E-state index in [2.05, 4.69) is 24.9 Å². The number of allylic oxidation sites excluding steroid dienone is 1. The Labute approximate surface area is 105 Å². The molecule has 3 rings (SSSR count). The van der Waals surface area contributed by atoms with Gasteiger partial charge in [0.1, 0.15) is 5.82 Å². The molecule has 0 aliphatic heterocycles. The van der Waals surface area contributed by atoms with Crippen molar-refractivity contribution in [3.05, 3.63) is 41.3 Å². The molecule has 2 nitrogen and oxygen atoms in total. The van der Waals surface area contributed by atoms with E-state index < -0.39 is 0 Å². The van der Waals surface area contributed by atoms with E-state index in [4.69, 9.17) is 5.73 Å². The maximum atomic E-state index is 13.8. The molecule has 0 fully saturated rings. The van der Waals surface area contributed by atoms with Crippen LogP contribution in [0.3, 0.4) is 0 Å². The summed E-state index contributed by atoms with van der Waals surface area (Å²) in [7, 11) is 0. The number of hydrogen-bond donors (Lipinski definition) is 1. The lowest BCUT2D eigenvalue weighted by Crippen LogP contribution is -2.18. The van der Waals surface area contributed by atoms with Crippen LogP contribution in [0.25, 0.3) is 17.0 Å². The lowest BCUT2D eigenvalue weighted by atomic mass is 9.81. The van der Waals surface area contributed by atoms with Crippen molar-refractivity contribution in [2.75, 3.05) is 5.73 Å². The van der Waals surface area contributed by atoms with Gasteiger partial charge in [-0.1, -0.05) is 32.1 Å². The second kappa shape index (κ2) is 3.55. The second-order valence-electron chi connectivity index (χ2n) is 5.52. The molecule has 0 amide bonds. The third-order valence-corrected chi connectivity index (χ3v) is 3.44. The fourth-order valence-corrected chi connectivity index (χ4v) is 2.49. The Kier molecular flexibility index (Phi) is 2.21. The van der Waals surface area contributed by atoms with E-state index in [1.54, 1.807) is 12.1 Å². The smallest absolute Gasteiger partial charge is 0.134 e. The minimum absolute atomic E-state index is 0.0768. The van der Waals surface area contributed by atoms with Gasteiger partial charge in [-0.05, 0) is 24.0 Å². The fourth-order valence-electron chi connectivity index (χ4n) is 2.49. The molecule has 0 bridgehead atoms. The minimum atomic E-state index is -0.307. The van der Waals surface area contributed by atoms with E-state index in [0.717, 1.165) is 17.7 Å². The molecular formula is C15H15FN2. The fraction of sp³-hybridized carbons (Fsp3) is 0.267. The number of nitrogens with two attached hydrogens (primary N) is 1. The van der Waals surface area contributed by atoms with Crippen LogP contribution in [0, 0.1) is 11.2 Å². The topological polar surface area (TPSA) is 38.9 Å². The van der Waals surface area contributed by atoms with Crippen molar-refractivity contribution in [1.82, 2.24) is 4.98 Å². The molecule has 0 saturated heterocycles. The van der Waals surface area contributed by atoms with Gasteiger partial charge in [0.05, 0.1) is 22.3 Å². The van der Waals surface area contributed by atoms with Crippen LogP contribution in [0.15, 0.2) is 24.3 Å². The lowest BCUT2D eigenvalue weighted by Gasteiger charge is -2.26. The summed E-state index contributed by atoms with van der Waals surface area (Å²) in [6.45, 7) is 4.31. The number of nitrogens with zero attached hydrogens (tertiary/aromatic N) is 1. The number of halogens is 1. The van der Waals surface area contributed by atoms with E-state index in [1.165, 1.54) is 6.07 Å². The standard InChI is InChI=1S/C15H15FN2/c1-15(2)7-6-9-12(8-15)18-11-5-3-4-10(16)13(11)14(9)17/h3-7H,8H2,1-2H3,(H2,17,18). The number of pyridine rings is 1.